The van der Waals surface area contributed by atoms with E-state index < -0.39 is 10.8 Å². The number of imidazole rings is 1. The lowest BCUT2D eigenvalue weighted by atomic mass is 10.2. The molecule has 2 unspecified atom stereocenters. The molecule has 0 aliphatic heterocycles. The highest BCUT2D eigenvalue weighted by molar-refractivity contribution is 7.84. The highest BCUT2D eigenvalue weighted by atomic mass is 35.5. The summed E-state index contributed by atoms with van der Waals surface area (Å²) in [7, 11) is -0.780. The second-order valence-corrected chi connectivity index (χ2v) is 7.34. The van der Waals surface area contributed by atoms with Crippen molar-refractivity contribution in [3.8, 4) is 0 Å². The third-order valence-electron chi connectivity index (χ3n) is 3.70. The van der Waals surface area contributed by atoms with Crippen LogP contribution in [0, 0.1) is 6.92 Å². The van der Waals surface area contributed by atoms with Gasteiger partial charge in [0.15, 0.2) is 0 Å². The van der Waals surface area contributed by atoms with E-state index in [1.807, 2.05) is 6.92 Å². The quantitative estimate of drug-likeness (QED) is 0.767. The van der Waals surface area contributed by atoms with Crippen LogP contribution in [0.1, 0.15) is 24.7 Å². The third kappa shape index (κ3) is 3.23. The summed E-state index contributed by atoms with van der Waals surface area (Å²) in [4.78, 5) is 4.73. The Balaban J connectivity index is 2.36. The zero-order valence-electron chi connectivity index (χ0n) is 12.2. The molecule has 0 saturated heterocycles. The molecule has 0 spiro atoms. The monoisotopic (exact) mass is 312 g/mol. The van der Waals surface area contributed by atoms with E-state index in [1.54, 1.807) is 6.26 Å². The van der Waals surface area contributed by atoms with E-state index in [4.69, 9.17) is 16.6 Å². The van der Waals surface area contributed by atoms with Gasteiger partial charge in [0, 0.05) is 41.2 Å². The average Bonchev–Trinajstić information content (AvgIpc) is 2.76. The van der Waals surface area contributed by atoms with Crippen molar-refractivity contribution in [1.29, 1.82) is 0 Å². The fraction of sp³-hybridized carbons (Fsp3) is 0.533. The number of para-hydroxylation sites is 1. The van der Waals surface area contributed by atoms with E-state index in [2.05, 4.69) is 29.7 Å². The first kappa shape index (κ1) is 15.5. The summed E-state index contributed by atoms with van der Waals surface area (Å²) in [6.45, 7) is 4.95. The molecule has 0 bridgehead atoms. The summed E-state index contributed by atoms with van der Waals surface area (Å²) in [5.74, 6) is 1.59. The molecule has 2 aromatic rings. The van der Waals surface area contributed by atoms with Crippen molar-refractivity contribution in [3.05, 3.63) is 29.6 Å². The SMILES string of the molecule is Cc1cccc2c1nc(CCCl)n2CCC(C)S(C)=O. The second kappa shape index (κ2) is 6.72. The molecular formula is C15H21ClN2OS. The number of hydrogen-bond donors (Lipinski definition) is 0. The predicted octanol–water partition coefficient (Wildman–Crippen LogP) is 3.28. The first-order chi connectivity index (χ1) is 9.54. The molecule has 1 heterocycles. The normalized spacial score (nSPS) is 14.6. The van der Waals surface area contributed by atoms with Gasteiger partial charge in [-0.3, -0.25) is 4.21 Å². The Kier molecular flexibility index (Phi) is 5.22. The van der Waals surface area contributed by atoms with Crippen molar-refractivity contribution >= 4 is 33.4 Å². The molecular weight excluding hydrogens is 292 g/mol. The smallest absolute Gasteiger partial charge is 0.111 e. The fourth-order valence-corrected chi connectivity index (χ4v) is 2.94. The number of rotatable bonds is 6. The van der Waals surface area contributed by atoms with Gasteiger partial charge in [0.25, 0.3) is 0 Å². The van der Waals surface area contributed by atoms with Gasteiger partial charge in [-0.15, -0.1) is 11.6 Å². The molecule has 20 heavy (non-hydrogen) atoms. The number of fused-ring (bicyclic) bond motifs is 1. The van der Waals surface area contributed by atoms with Gasteiger partial charge in [0.2, 0.25) is 0 Å². The molecule has 1 aromatic heterocycles. The molecule has 0 saturated carbocycles. The number of alkyl halides is 1. The maximum atomic E-state index is 11.5. The average molecular weight is 313 g/mol. The molecule has 0 aliphatic rings. The Morgan fingerprint density at radius 3 is 2.85 bits per heavy atom. The van der Waals surface area contributed by atoms with Gasteiger partial charge < -0.3 is 4.57 Å². The van der Waals surface area contributed by atoms with E-state index in [1.165, 1.54) is 5.56 Å². The lowest BCUT2D eigenvalue weighted by Crippen LogP contribution is -2.14. The fourth-order valence-electron chi connectivity index (χ4n) is 2.34. The Hall–Kier alpha value is -0.870. The van der Waals surface area contributed by atoms with E-state index >= 15 is 0 Å². The standard InChI is InChI=1S/C15H21ClN2OS/c1-11-5-4-6-13-15(11)17-14(7-9-16)18(13)10-8-12(2)20(3)19/h4-6,12H,7-10H2,1-3H3. The maximum absolute atomic E-state index is 11.5. The molecule has 0 N–H and O–H groups in total. The van der Waals surface area contributed by atoms with Crippen molar-refractivity contribution in [3.63, 3.8) is 0 Å². The third-order valence-corrected chi connectivity index (χ3v) is 5.26. The molecule has 0 fully saturated rings. The van der Waals surface area contributed by atoms with E-state index in [0.717, 1.165) is 36.2 Å². The Bertz CT molecular complexity index is 624. The number of aromatic nitrogens is 2. The molecule has 2 atom stereocenters. The minimum atomic E-state index is -0.780. The van der Waals surface area contributed by atoms with Crippen molar-refractivity contribution in [1.82, 2.24) is 9.55 Å². The second-order valence-electron chi connectivity index (χ2n) is 5.16. The van der Waals surface area contributed by atoms with E-state index in [0.29, 0.717) is 5.88 Å². The van der Waals surface area contributed by atoms with Crippen molar-refractivity contribution in [2.24, 2.45) is 0 Å². The van der Waals surface area contributed by atoms with Crippen LogP contribution >= 0.6 is 11.6 Å². The Morgan fingerprint density at radius 1 is 1.45 bits per heavy atom. The highest BCUT2D eigenvalue weighted by Gasteiger charge is 2.13. The van der Waals surface area contributed by atoms with Crippen LogP contribution in [0.3, 0.4) is 0 Å². The van der Waals surface area contributed by atoms with Crippen LogP contribution in [-0.2, 0) is 23.8 Å². The van der Waals surface area contributed by atoms with Gasteiger partial charge in [-0.2, -0.15) is 0 Å². The van der Waals surface area contributed by atoms with Crippen molar-refractivity contribution in [2.45, 2.75) is 38.5 Å². The Morgan fingerprint density at radius 2 is 2.20 bits per heavy atom. The Labute approximate surface area is 127 Å². The van der Waals surface area contributed by atoms with Crippen LogP contribution in [0.2, 0.25) is 0 Å². The zero-order valence-corrected chi connectivity index (χ0v) is 13.8. The maximum Gasteiger partial charge on any atom is 0.111 e. The first-order valence-corrected chi connectivity index (χ1v) is 9.03. The first-order valence-electron chi connectivity index (χ1n) is 6.87. The van der Waals surface area contributed by atoms with Crippen LogP contribution in [0.5, 0.6) is 0 Å². The summed E-state index contributed by atoms with van der Waals surface area (Å²) >= 11 is 5.89. The summed E-state index contributed by atoms with van der Waals surface area (Å²) in [5.41, 5.74) is 3.39. The van der Waals surface area contributed by atoms with Gasteiger partial charge in [-0.1, -0.05) is 19.1 Å². The number of benzene rings is 1. The van der Waals surface area contributed by atoms with Gasteiger partial charge in [0.1, 0.15) is 5.82 Å². The lowest BCUT2D eigenvalue weighted by molar-refractivity contribution is 0.611. The van der Waals surface area contributed by atoms with Crippen LogP contribution < -0.4 is 0 Å². The summed E-state index contributed by atoms with van der Waals surface area (Å²) in [5, 5.41) is 0.195. The van der Waals surface area contributed by atoms with Crippen LogP contribution in [-0.4, -0.2) is 31.1 Å². The van der Waals surface area contributed by atoms with E-state index in [-0.39, 0.29) is 5.25 Å². The largest absolute Gasteiger partial charge is 0.328 e. The molecule has 3 nitrogen and oxygen atoms in total. The van der Waals surface area contributed by atoms with Gasteiger partial charge >= 0.3 is 0 Å². The minimum absolute atomic E-state index is 0.195. The minimum Gasteiger partial charge on any atom is -0.328 e. The zero-order chi connectivity index (χ0) is 14.7. The van der Waals surface area contributed by atoms with Crippen LogP contribution in [0.4, 0.5) is 0 Å². The van der Waals surface area contributed by atoms with Crippen molar-refractivity contribution < 1.29 is 4.21 Å². The van der Waals surface area contributed by atoms with Crippen LogP contribution in [0.25, 0.3) is 11.0 Å². The van der Waals surface area contributed by atoms with Gasteiger partial charge in [-0.25, -0.2) is 4.98 Å². The molecule has 5 heteroatoms. The molecule has 0 amide bonds. The summed E-state index contributed by atoms with van der Waals surface area (Å²) in [6.07, 6.45) is 3.41. The highest BCUT2D eigenvalue weighted by Crippen LogP contribution is 2.21. The summed E-state index contributed by atoms with van der Waals surface area (Å²) in [6, 6.07) is 6.23. The lowest BCUT2D eigenvalue weighted by Gasteiger charge is -2.12. The summed E-state index contributed by atoms with van der Waals surface area (Å²) < 4.78 is 13.7. The van der Waals surface area contributed by atoms with Gasteiger partial charge in [-0.05, 0) is 25.0 Å². The molecule has 0 radical (unpaired) electrons. The van der Waals surface area contributed by atoms with Gasteiger partial charge in [0.05, 0.1) is 11.0 Å². The number of halogens is 1. The van der Waals surface area contributed by atoms with Crippen LogP contribution in [0.15, 0.2) is 18.2 Å². The number of aryl methyl sites for hydroxylation is 3. The predicted molar refractivity (Wildman–Crippen MR) is 87.0 cm³/mol. The molecule has 2 rings (SSSR count). The molecule has 1 aromatic carbocycles. The molecule has 110 valence electrons. The topological polar surface area (TPSA) is 34.9 Å². The number of nitrogens with zero attached hydrogens (tertiary/aromatic N) is 2. The van der Waals surface area contributed by atoms with E-state index in [9.17, 15) is 4.21 Å². The molecule has 0 aliphatic carbocycles. The number of hydrogen-bond acceptors (Lipinski definition) is 2. The van der Waals surface area contributed by atoms with Crippen molar-refractivity contribution in [2.75, 3.05) is 12.1 Å².